The van der Waals surface area contributed by atoms with Crippen molar-refractivity contribution in [1.29, 1.82) is 0 Å². The van der Waals surface area contributed by atoms with E-state index in [0.717, 1.165) is 0 Å². The molecule has 0 aliphatic carbocycles. The van der Waals surface area contributed by atoms with Gasteiger partial charge in [0.25, 0.3) is 0 Å². The fourth-order valence-corrected chi connectivity index (χ4v) is 1.96. The second-order valence-electron chi connectivity index (χ2n) is 5.87. The highest BCUT2D eigenvalue weighted by molar-refractivity contribution is 6.61. The lowest BCUT2D eigenvalue weighted by atomic mass is 9.84. The number of nitrogens with zero attached hydrogens (tertiary/aromatic N) is 2. The molecule has 114 valence electrons. The second kappa shape index (κ2) is 5.27. The van der Waals surface area contributed by atoms with Crippen LogP contribution < -0.4 is 10.5 Å². The standard InChI is InChI=1S/C15H23BN2O3/c1-14(2)15(3,4)21-16(20-14)12-6-5-7-13(17-12)18-8-10-19-11-9-18/h5-7H,8-11H2,1-4H3/i8D2,9D2,10D2,11D2. The maximum absolute atomic E-state index is 8.15. The zero-order chi connectivity index (χ0) is 22.3. The van der Waals surface area contributed by atoms with Gasteiger partial charge in [-0.05, 0) is 39.8 Å². The van der Waals surface area contributed by atoms with Crippen LogP contribution in [0.5, 0.6) is 0 Å². The minimum absolute atomic E-state index is 0.223. The topological polar surface area (TPSA) is 43.8 Å². The van der Waals surface area contributed by atoms with Crippen LogP contribution in [0.2, 0.25) is 0 Å². The Hall–Kier alpha value is -1.11. The number of ether oxygens (including phenoxy) is 1. The first-order chi connectivity index (χ1) is 12.9. The Balaban J connectivity index is 2.07. The van der Waals surface area contributed by atoms with Gasteiger partial charge in [0, 0.05) is 13.0 Å². The summed E-state index contributed by atoms with van der Waals surface area (Å²) in [7, 11) is -0.911. The molecule has 0 aromatic carbocycles. The van der Waals surface area contributed by atoms with Crippen LogP contribution in [0.4, 0.5) is 5.82 Å². The zero-order valence-corrected chi connectivity index (χ0v) is 12.4. The van der Waals surface area contributed by atoms with Crippen molar-refractivity contribution in [3.05, 3.63) is 18.2 Å². The molecule has 2 aliphatic rings. The molecule has 0 bridgehead atoms. The molecule has 2 aliphatic heterocycles. The predicted molar refractivity (Wildman–Crippen MR) is 83.0 cm³/mol. The van der Waals surface area contributed by atoms with Gasteiger partial charge in [0.15, 0.2) is 0 Å². The van der Waals surface area contributed by atoms with Crippen molar-refractivity contribution < 1.29 is 25.0 Å². The molecule has 0 atom stereocenters. The van der Waals surface area contributed by atoms with Gasteiger partial charge in [-0.3, -0.25) is 0 Å². The number of anilines is 1. The zero-order valence-electron chi connectivity index (χ0n) is 20.4. The molecule has 0 saturated carbocycles. The highest BCUT2D eigenvalue weighted by Crippen LogP contribution is 2.36. The molecule has 0 spiro atoms. The summed E-state index contributed by atoms with van der Waals surface area (Å²) in [6, 6.07) is 4.29. The normalized spacial score (nSPS) is 39.6. The molecule has 0 amide bonds. The van der Waals surface area contributed by atoms with Crippen molar-refractivity contribution in [2.75, 3.05) is 31.0 Å². The summed E-state index contributed by atoms with van der Waals surface area (Å²) in [6.45, 7) is -5.04. The number of rotatable bonds is 2. The number of hydrogen-bond acceptors (Lipinski definition) is 5. The lowest BCUT2D eigenvalue weighted by Gasteiger charge is -2.32. The minimum Gasteiger partial charge on any atom is -0.398 e. The largest absolute Gasteiger partial charge is 0.514 e. The van der Waals surface area contributed by atoms with E-state index < -0.39 is 44.4 Å². The summed E-state index contributed by atoms with van der Waals surface area (Å²) < 4.78 is 80.2. The minimum atomic E-state index is -3.15. The lowest BCUT2D eigenvalue weighted by molar-refractivity contribution is 0.00578. The van der Waals surface area contributed by atoms with Gasteiger partial charge in [0.05, 0.1) is 40.9 Å². The molecular formula is C15H23BN2O3. The van der Waals surface area contributed by atoms with Crippen LogP contribution >= 0.6 is 0 Å². The summed E-state index contributed by atoms with van der Waals surface area (Å²) in [5.74, 6) is -0.316. The van der Waals surface area contributed by atoms with E-state index in [1.807, 2.05) is 27.7 Å². The first-order valence-corrected chi connectivity index (χ1v) is 6.69. The molecule has 6 heteroatoms. The molecule has 5 nitrogen and oxygen atoms in total. The summed E-state index contributed by atoms with van der Waals surface area (Å²) in [5.41, 5.74) is -1.10. The van der Waals surface area contributed by atoms with Crippen molar-refractivity contribution in [3.8, 4) is 0 Å². The summed E-state index contributed by atoms with van der Waals surface area (Å²) in [6.07, 6.45) is 0. The fourth-order valence-electron chi connectivity index (χ4n) is 1.96. The number of morpholine rings is 1. The summed E-state index contributed by atoms with van der Waals surface area (Å²) in [4.78, 5) is 4.57. The van der Waals surface area contributed by atoms with Crippen molar-refractivity contribution in [3.63, 3.8) is 0 Å². The van der Waals surface area contributed by atoms with Crippen molar-refractivity contribution in [2.24, 2.45) is 0 Å². The van der Waals surface area contributed by atoms with E-state index in [4.69, 9.17) is 20.3 Å². The number of hydrogen-bond donors (Lipinski definition) is 0. The van der Waals surface area contributed by atoms with E-state index >= 15 is 0 Å². The molecular weight excluding hydrogens is 267 g/mol. The predicted octanol–water partition coefficient (Wildman–Crippen LogP) is 1.22. The highest BCUT2D eigenvalue weighted by atomic mass is 16.7. The van der Waals surface area contributed by atoms with E-state index in [1.165, 1.54) is 12.1 Å². The molecule has 3 heterocycles. The van der Waals surface area contributed by atoms with Crippen molar-refractivity contribution in [1.82, 2.24) is 4.98 Å². The Kier molecular flexibility index (Phi) is 1.99. The Bertz CT molecular complexity index is 779. The van der Waals surface area contributed by atoms with Gasteiger partial charge >= 0.3 is 7.12 Å². The van der Waals surface area contributed by atoms with Crippen LogP contribution in [-0.4, -0.2) is 49.4 Å². The Morgan fingerprint density at radius 2 is 1.76 bits per heavy atom. The average Bonchev–Trinajstić information content (AvgIpc) is 2.73. The second-order valence-corrected chi connectivity index (χ2v) is 5.87. The van der Waals surface area contributed by atoms with Crippen LogP contribution in [0.15, 0.2) is 18.2 Å². The molecule has 2 saturated heterocycles. The Labute approximate surface area is 138 Å². The molecule has 1 aromatic rings. The van der Waals surface area contributed by atoms with Gasteiger partial charge in [-0.25, -0.2) is 4.98 Å². The third-order valence-corrected chi connectivity index (χ3v) is 3.90. The smallest absolute Gasteiger partial charge is 0.398 e. The van der Waals surface area contributed by atoms with E-state index in [2.05, 4.69) is 9.72 Å². The van der Waals surface area contributed by atoms with E-state index in [9.17, 15) is 0 Å². The average molecular weight is 298 g/mol. The van der Waals surface area contributed by atoms with Gasteiger partial charge in [-0.2, -0.15) is 0 Å². The first-order valence-electron chi connectivity index (χ1n) is 10.7. The molecule has 0 radical (unpaired) electrons. The molecule has 1 aromatic heterocycles. The molecule has 2 fully saturated rings. The molecule has 0 N–H and O–H groups in total. The first kappa shape index (κ1) is 7.95. The van der Waals surface area contributed by atoms with Crippen LogP contribution in [0.25, 0.3) is 0 Å². The maximum atomic E-state index is 8.15. The van der Waals surface area contributed by atoms with Crippen LogP contribution in [0.1, 0.15) is 38.7 Å². The molecule has 21 heavy (non-hydrogen) atoms. The van der Waals surface area contributed by atoms with E-state index in [0.29, 0.717) is 4.90 Å². The van der Waals surface area contributed by atoms with Gasteiger partial charge in [-0.15, -0.1) is 0 Å². The number of pyridine rings is 1. The Morgan fingerprint density at radius 1 is 1.14 bits per heavy atom. The van der Waals surface area contributed by atoms with Crippen LogP contribution in [0.3, 0.4) is 0 Å². The third-order valence-electron chi connectivity index (χ3n) is 3.90. The van der Waals surface area contributed by atoms with Gasteiger partial charge < -0.3 is 18.9 Å². The fraction of sp³-hybridized carbons (Fsp3) is 0.667. The quantitative estimate of drug-likeness (QED) is 0.768. The summed E-state index contributed by atoms with van der Waals surface area (Å²) in [5, 5.41) is 0. The van der Waals surface area contributed by atoms with Crippen LogP contribution in [-0.2, 0) is 14.0 Å². The molecule has 0 unspecified atom stereocenters. The highest BCUT2D eigenvalue weighted by Gasteiger charge is 2.52. The van der Waals surface area contributed by atoms with E-state index in [1.54, 1.807) is 6.07 Å². The van der Waals surface area contributed by atoms with Crippen LogP contribution in [0, 0.1) is 0 Å². The van der Waals surface area contributed by atoms with Gasteiger partial charge in [0.1, 0.15) is 5.82 Å². The number of aromatic nitrogens is 1. The SMILES string of the molecule is [2H]C1([2H])OC([2H])([2H])C([2H])([2H])N(c2cccc(B3OC(C)(C)C(C)(C)O3)n2)C1([2H])[2H]. The van der Waals surface area contributed by atoms with Crippen molar-refractivity contribution in [2.45, 2.75) is 38.9 Å². The molecule has 3 rings (SSSR count). The van der Waals surface area contributed by atoms with E-state index in [-0.39, 0.29) is 11.4 Å². The summed E-state index contributed by atoms with van der Waals surface area (Å²) >= 11 is 0. The van der Waals surface area contributed by atoms with Gasteiger partial charge in [0.2, 0.25) is 0 Å². The van der Waals surface area contributed by atoms with Crippen molar-refractivity contribution >= 4 is 18.5 Å². The lowest BCUT2D eigenvalue weighted by Crippen LogP contribution is -2.41. The third kappa shape index (κ3) is 2.80. The van der Waals surface area contributed by atoms with Gasteiger partial charge in [-0.1, -0.05) is 6.07 Å². The Morgan fingerprint density at radius 3 is 2.38 bits per heavy atom. The maximum Gasteiger partial charge on any atom is 0.514 e. The monoisotopic (exact) mass is 298 g/mol.